The molecule has 0 saturated carbocycles. The summed E-state index contributed by atoms with van der Waals surface area (Å²) in [6, 6.07) is 8.34. The molecule has 0 aromatic heterocycles. The van der Waals surface area contributed by atoms with E-state index < -0.39 is 18.1 Å². The largest absolute Gasteiger partial charge is 0.480 e. The molecule has 138 valence electrons. The second-order valence-corrected chi connectivity index (χ2v) is 6.86. The zero-order chi connectivity index (χ0) is 18.3. The van der Waals surface area contributed by atoms with E-state index >= 15 is 0 Å². The van der Waals surface area contributed by atoms with Gasteiger partial charge in [-0.3, -0.25) is 0 Å². The number of ether oxygens (including phenoxy) is 1. The summed E-state index contributed by atoms with van der Waals surface area (Å²) in [7, 11) is 0. The van der Waals surface area contributed by atoms with Gasteiger partial charge >= 0.3 is 12.1 Å². The van der Waals surface area contributed by atoms with Gasteiger partial charge in [0.25, 0.3) is 0 Å². The van der Waals surface area contributed by atoms with Gasteiger partial charge < -0.3 is 15.2 Å². The van der Waals surface area contributed by atoms with Crippen molar-refractivity contribution in [1.82, 2.24) is 5.32 Å². The number of thioether (sulfide) groups is 1. The maximum Gasteiger partial charge on any atom is 0.408 e. The molecule has 0 saturated heterocycles. The average Bonchev–Trinajstić information content (AvgIpc) is 2.62. The van der Waals surface area contributed by atoms with Crippen LogP contribution in [0.3, 0.4) is 0 Å². The maximum atomic E-state index is 11.8. The number of alkyl carbamates (subject to hydrolysis) is 1. The number of carboxylic acids is 1. The molecule has 25 heavy (non-hydrogen) atoms. The molecule has 1 aromatic rings. The van der Waals surface area contributed by atoms with E-state index in [1.165, 1.54) is 0 Å². The van der Waals surface area contributed by atoms with Crippen molar-refractivity contribution < 1.29 is 19.4 Å². The van der Waals surface area contributed by atoms with E-state index in [0.717, 1.165) is 37.0 Å². The summed E-state index contributed by atoms with van der Waals surface area (Å²) in [5.41, 5.74) is 0.858. The van der Waals surface area contributed by atoms with Crippen molar-refractivity contribution >= 4 is 23.8 Å². The molecule has 6 heteroatoms. The molecule has 1 atom stereocenters. The standard InChI is InChI=1S/C19H27NO4S/c1-2-3-4-5-9-13-25-14-12-17(18(21)22)20-19(23)24-15-16-10-7-6-8-11-16/h2,6-8,10-11,17H,1,3-5,9,12-15H2,(H,20,23)(H,21,22). The second-order valence-electron chi connectivity index (χ2n) is 5.64. The lowest BCUT2D eigenvalue weighted by Gasteiger charge is -2.14. The minimum Gasteiger partial charge on any atom is -0.480 e. The number of aliphatic carboxylic acids is 1. The fourth-order valence-electron chi connectivity index (χ4n) is 2.14. The Kier molecular flexibility index (Phi) is 11.3. The smallest absolute Gasteiger partial charge is 0.408 e. The van der Waals surface area contributed by atoms with Gasteiger partial charge in [0.15, 0.2) is 0 Å². The van der Waals surface area contributed by atoms with Crippen molar-refractivity contribution in [3.05, 3.63) is 48.6 Å². The third kappa shape index (κ3) is 10.5. The minimum absolute atomic E-state index is 0.123. The minimum atomic E-state index is -1.04. The van der Waals surface area contributed by atoms with Crippen molar-refractivity contribution in [1.29, 1.82) is 0 Å². The Morgan fingerprint density at radius 2 is 1.96 bits per heavy atom. The summed E-state index contributed by atoms with van der Waals surface area (Å²) in [6.45, 7) is 3.82. The number of nitrogens with one attached hydrogen (secondary N) is 1. The van der Waals surface area contributed by atoms with Gasteiger partial charge in [0.1, 0.15) is 12.6 Å². The first-order chi connectivity index (χ1) is 12.1. The topological polar surface area (TPSA) is 75.6 Å². The first kappa shape index (κ1) is 21.1. The third-order valence-electron chi connectivity index (χ3n) is 3.55. The van der Waals surface area contributed by atoms with Crippen molar-refractivity contribution in [2.24, 2.45) is 0 Å². The van der Waals surface area contributed by atoms with Crippen LogP contribution in [0.25, 0.3) is 0 Å². The van der Waals surface area contributed by atoms with Gasteiger partial charge in [0.05, 0.1) is 0 Å². The highest BCUT2D eigenvalue weighted by molar-refractivity contribution is 7.99. The van der Waals surface area contributed by atoms with Crippen LogP contribution in [0.4, 0.5) is 4.79 Å². The quantitative estimate of drug-likeness (QED) is 0.404. The first-order valence-corrected chi connectivity index (χ1v) is 9.67. The Balaban J connectivity index is 2.19. The Labute approximate surface area is 153 Å². The number of rotatable bonds is 13. The second kappa shape index (κ2) is 13.4. The normalized spacial score (nSPS) is 11.5. The number of carbonyl (C=O) groups is 2. The molecule has 0 bridgehead atoms. The molecule has 1 rings (SSSR count). The van der Waals surface area contributed by atoms with Crippen LogP contribution >= 0.6 is 11.8 Å². The Hall–Kier alpha value is -1.95. The summed E-state index contributed by atoms with van der Waals surface area (Å²) in [5, 5.41) is 11.6. The molecule has 0 aliphatic carbocycles. The fourth-order valence-corrected chi connectivity index (χ4v) is 3.15. The summed E-state index contributed by atoms with van der Waals surface area (Å²) in [5.74, 6) is 0.655. The summed E-state index contributed by atoms with van der Waals surface area (Å²) in [4.78, 5) is 23.0. The fraction of sp³-hybridized carbons (Fsp3) is 0.474. The summed E-state index contributed by atoms with van der Waals surface area (Å²) in [6.07, 6.45) is 6.07. The molecular formula is C19H27NO4S. The predicted octanol–water partition coefficient (Wildman–Crippen LogP) is 4.24. The number of carboxylic acid groups (broad SMARTS) is 1. The van der Waals surface area contributed by atoms with Crippen LogP contribution in [0, 0.1) is 0 Å². The SMILES string of the molecule is C=CCCCCCSCCC(NC(=O)OCc1ccccc1)C(=O)O. The van der Waals surface area contributed by atoms with E-state index in [2.05, 4.69) is 11.9 Å². The van der Waals surface area contributed by atoms with Gasteiger partial charge in [-0.2, -0.15) is 11.8 Å². The molecule has 0 fully saturated rings. The summed E-state index contributed by atoms with van der Waals surface area (Å²) >= 11 is 1.71. The lowest BCUT2D eigenvalue weighted by atomic mass is 10.2. The molecule has 1 amide bonds. The van der Waals surface area contributed by atoms with E-state index in [0.29, 0.717) is 12.2 Å². The van der Waals surface area contributed by atoms with Gasteiger partial charge in [-0.15, -0.1) is 6.58 Å². The van der Waals surface area contributed by atoms with Crippen LogP contribution in [0.1, 0.15) is 37.7 Å². The predicted molar refractivity (Wildman–Crippen MR) is 102 cm³/mol. The molecule has 0 aliphatic heterocycles. The molecule has 2 N–H and O–H groups in total. The molecule has 1 aromatic carbocycles. The first-order valence-electron chi connectivity index (χ1n) is 8.52. The van der Waals surface area contributed by atoms with Crippen molar-refractivity contribution in [2.75, 3.05) is 11.5 Å². The van der Waals surface area contributed by atoms with Crippen LogP contribution in [-0.4, -0.2) is 34.7 Å². The molecular weight excluding hydrogens is 338 g/mol. The molecule has 0 radical (unpaired) electrons. The van der Waals surface area contributed by atoms with Gasteiger partial charge in [-0.25, -0.2) is 9.59 Å². The number of unbranched alkanes of at least 4 members (excludes halogenated alkanes) is 3. The van der Waals surface area contributed by atoms with E-state index in [9.17, 15) is 14.7 Å². The highest BCUT2D eigenvalue weighted by Crippen LogP contribution is 2.11. The van der Waals surface area contributed by atoms with Crippen LogP contribution in [0.15, 0.2) is 43.0 Å². The molecule has 0 spiro atoms. The van der Waals surface area contributed by atoms with Gasteiger partial charge in [0.2, 0.25) is 0 Å². The Bertz CT molecular complexity index is 521. The maximum absolute atomic E-state index is 11.8. The van der Waals surface area contributed by atoms with E-state index in [-0.39, 0.29) is 6.61 Å². The molecule has 5 nitrogen and oxygen atoms in total. The van der Waals surface area contributed by atoms with Gasteiger partial charge in [-0.1, -0.05) is 42.8 Å². The number of hydrogen-bond acceptors (Lipinski definition) is 4. The Morgan fingerprint density at radius 3 is 2.64 bits per heavy atom. The zero-order valence-corrected chi connectivity index (χ0v) is 15.3. The van der Waals surface area contributed by atoms with Crippen LogP contribution in [0.2, 0.25) is 0 Å². The van der Waals surface area contributed by atoms with Gasteiger partial charge in [0, 0.05) is 0 Å². The van der Waals surface area contributed by atoms with Gasteiger partial charge in [-0.05, 0) is 42.8 Å². The van der Waals surface area contributed by atoms with Crippen LogP contribution < -0.4 is 5.32 Å². The van der Waals surface area contributed by atoms with Crippen molar-refractivity contribution in [3.63, 3.8) is 0 Å². The van der Waals surface area contributed by atoms with E-state index in [4.69, 9.17) is 4.74 Å². The monoisotopic (exact) mass is 365 g/mol. The number of benzene rings is 1. The highest BCUT2D eigenvalue weighted by atomic mass is 32.2. The molecule has 0 heterocycles. The number of amides is 1. The lowest BCUT2D eigenvalue weighted by Crippen LogP contribution is -2.41. The van der Waals surface area contributed by atoms with E-state index in [1.807, 2.05) is 36.4 Å². The van der Waals surface area contributed by atoms with Crippen LogP contribution in [0.5, 0.6) is 0 Å². The lowest BCUT2D eigenvalue weighted by molar-refractivity contribution is -0.139. The molecule has 1 unspecified atom stereocenters. The average molecular weight is 365 g/mol. The third-order valence-corrected chi connectivity index (χ3v) is 4.65. The highest BCUT2D eigenvalue weighted by Gasteiger charge is 2.20. The van der Waals surface area contributed by atoms with Crippen LogP contribution in [-0.2, 0) is 16.1 Å². The summed E-state index contributed by atoms with van der Waals surface area (Å²) < 4.78 is 5.06. The molecule has 0 aliphatic rings. The van der Waals surface area contributed by atoms with Crippen molar-refractivity contribution in [2.45, 2.75) is 44.8 Å². The number of carbonyl (C=O) groups excluding carboxylic acids is 1. The number of hydrogen-bond donors (Lipinski definition) is 2. The Morgan fingerprint density at radius 1 is 1.20 bits per heavy atom. The van der Waals surface area contributed by atoms with E-state index in [1.54, 1.807) is 11.8 Å². The number of allylic oxidation sites excluding steroid dienone is 1. The zero-order valence-electron chi connectivity index (χ0n) is 14.5. The van der Waals surface area contributed by atoms with Crippen molar-refractivity contribution in [3.8, 4) is 0 Å².